The first-order valence-electron chi connectivity index (χ1n) is 7.70. The van der Waals surface area contributed by atoms with Gasteiger partial charge in [0.15, 0.2) is 0 Å². The molecule has 1 aliphatic carbocycles. The molecule has 2 aromatic carbocycles. The van der Waals surface area contributed by atoms with Crippen molar-refractivity contribution in [2.75, 3.05) is 11.9 Å². The van der Waals surface area contributed by atoms with Crippen LogP contribution in [0.4, 0.5) is 10.5 Å². The first-order chi connectivity index (χ1) is 11.1. The lowest BCUT2D eigenvalue weighted by Gasteiger charge is -2.19. The Morgan fingerprint density at radius 3 is 2.52 bits per heavy atom. The molecule has 5 heteroatoms. The van der Waals surface area contributed by atoms with E-state index in [1.54, 1.807) is 0 Å². The lowest BCUT2D eigenvalue weighted by atomic mass is 10.1. The van der Waals surface area contributed by atoms with Crippen LogP contribution in [0, 0.1) is 0 Å². The highest BCUT2D eigenvalue weighted by molar-refractivity contribution is 6.30. The second-order valence-corrected chi connectivity index (χ2v) is 6.03. The maximum Gasteiger partial charge on any atom is 0.320 e. The van der Waals surface area contributed by atoms with Gasteiger partial charge in [0, 0.05) is 5.02 Å². The molecule has 120 valence electrons. The highest BCUT2D eigenvalue weighted by Crippen LogP contribution is 2.45. The molecule has 0 aromatic heterocycles. The van der Waals surface area contributed by atoms with E-state index in [0.29, 0.717) is 23.1 Å². The molecule has 2 N–H and O–H groups in total. The summed E-state index contributed by atoms with van der Waals surface area (Å²) in [5, 5.41) is 6.64. The van der Waals surface area contributed by atoms with Crippen molar-refractivity contribution in [3.05, 3.63) is 59.1 Å². The van der Waals surface area contributed by atoms with Gasteiger partial charge in [0.2, 0.25) is 0 Å². The van der Waals surface area contributed by atoms with Gasteiger partial charge in [-0.2, -0.15) is 0 Å². The van der Waals surface area contributed by atoms with E-state index in [1.165, 1.54) is 0 Å². The van der Waals surface area contributed by atoms with Crippen LogP contribution in [0.1, 0.15) is 25.3 Å². The summed E-state index contributed by atoms with van der Waals surface area (Å²) in [5.41, 5.74) is 1.46. The number of halogens is 1. The number of carbonyl (C=O) groups is 1. The lowest BCUT2D eigenvalue weighted by molar-refractivity contribution is 0.247. The van der Waals surface area contributed by atoms with Crippen LogP contribution in [0.25, 0.3) is 0 Å². The molecule has 0 bridgehead atoms. The van der Waals surface area contributed by atoms with Crippen LogP contribution in [0.2, 0.25) is 5.02 Å². The number of hydrogen-bond donors (Lipinski definition) is 2. The number of amides is 2. The van der Waals surface area contributed by atoms with Crippen molar-refractivity contribution >= 4 is 23.3 Å². The Morgan fingerprint density at radius 2 is 1.87 bits per heavy atom. The highest BCUT2D eigenvalue weighted by atomic mass is 35.5. The van der Waals surface area contributed by atoms with Gasteiger partial charge >= 0.3 is 6.03 Å². The zero-order valence-corrected chi connectivity index (χ0v) is 13.7. The quantitative estimate of drug-likeness (QED) is 0.845. The second-order valence-electron chi connectivity index (χ2n) is 5.60. The summed E-state index contributed by atoms with van der Waals surface area (Å²) in [6, 6.07) is 14.8. The van der Waals surface area contributed by atoms with Gasteiger partial charge in [-0.05, 0) is 49.6 Å². The number of hydrogen-bond acceptors (Lipinski definition) is 2. The minimum atomic E-state index is -0.283. The molecular weight excluding hydrogens is 312 g/mol. The maximum absolute atomic E-state index is 12.4. The zero-order valence-electron chi connectivity index (χ0n) is 12.9. The van der Waals surface area contributed by atoms with Crippen LogP contribution in [0.5, 0.6) is 5.75 Å². The van der Waals surface area contributed by atoms with Gasteiger partial charge < -0.3 is 15.4 Å². The van der Waals surface area contributed by atoms with Crippen molar-refractivity contribution in [2.45, 2.75) is 25.3 Å². The first-order valence-corrected chi connectivity index (χ1v) is 8.08. The Balaban J connectivity index is 1.69. The monoisotopic (exact) mass is 330 g/mol. The van der Waals surface area contributed by atoms with E-state index in [1.807, 2.05) is 55.5 Å². The number of para-hydroxylation sites is 2. The third kappa shape index (κ3) is 3.59. The summed E-state index contributed by atoms with van der Waals surface area (Å²) in [6.45, 7) is 2.46. The predicted molar refractivity (Wildman–Crippen MR) is 92.1 cm³/mol. The largest absolute Gasteiger partial charge is 0.492 e. The minimum absolute atomic E-state index is 0.232. The van der Waals surface area contributed by atoms with E-state index in [4.69, 9.17) is 16.3 Å². The molecule has 0 heterocycles. The Kier molecular flexibility index (Phi) is 4.44. The Morgan fingerprint density at radius 1 is 1.17 bits per heavy atom. The SMILES string of the molecule is CCOc1ccccc1NC(=O)NC1(c2ccc(Cl)cc2)CC1. The van der Waals surface area contributed by atoms with E-state index in [0.717, 1.165) is 18.4 Å². The lowest BCUT2D eigenvalue weighted by Crippen LogP contribution is -2.38. The molecule has 0 saturated heterocycles. The number of urea groups is 1. The number of ether oxygens (including phenoxy) is 1. The highest BCUT2D eigenvalue weighted by Gasteiger charge is 2.45. The Hall–Kier alpha value is -2.20. The molecule has 1 saturated carbocycles. The van der Waals surface area contributed by atoms with Crippen LogP contribution in [0.15, 0.2) is 48.5 Å². The molecule has 23 heavy (non-hydrogen) atoms. The van der Waals surface area contributed by atoms with E-state index in [2.05, 4.69) is 10.6 Å². The van der Waals surface area contributed by atoms with Gasteiger partial charge in [0.1, 0.15) is 5.75 Å². The molecule has 2 aromatic rings. The fourth-order valence-electron chi connectivity index (χ4n) is 2.60. The van der Waals surface area contributed by atoms with Crippen molar-refractivity contribution < 1.29 is 9.53 Å². The predicted octanol–water partition coefficient (Wildman–Crippen LogP) is 4.55. The van der Waals surface area contributed by atoms with Crippen LogP contribution >= 0.6 is 11.6 Å². The summed E-state index contributed by atoms with van der Waals surface area (Å²) in [4.78, 5) is 12.4. The molecule has 1 fully saturated rings. The first kappa shape index (κ1) is 15.7. The molecule has 0 radical (unpaired) electrons. The maximum atomic E-state index is 12.4. The molecule has 0 spiro atoms. The Labute approximate surface area is 140 Å². The average Bonchev–Trinajstić information content (AvgIpc) is 3.30. The molecule has 4 nitrogen and oxygen atoms in total. The van der Waals surface area contributed by atoms with Crippen molar-refractivity contribution in [1.29, 1.82) is 0 Å². The number of rotatable bonds is 5. The van der Waals surface area contributed by atoms with Crippen molar-refractivity contribution in [3.63, 3.8) is 0 Å². The third-order valence-electron chi connectivity index (χ3n) is 3.93. The van der Waals surface area contributed by atoms with Crippen LogP contribution in [0.3, 0.4) is 0 Å². The summed E-state index contributed by atoms with van der Waals surface area (Å²) in [5.74, 6) is 0.668. The van der Waals surface area contributed by atoms with Crippen LogP contribution in [-0.2, 0) is 5.54 Å². The summed E-state index contributed by atoms with van der Waals surface area (Å²) < 4.78 is 5.52. The molecule has 2 amide bonds. The molecular formula is C18H19ClN2O2. The molecule has 1 aliphatic rings. The van der Waals surface area contributed by atoms with E-state index < -0.39 is 0 Å². The van der Waals surface area contributed by atoms with Crippen molar-refractivity contribution in [2.24, 2.45) is 0 Å². The minimum Gasteiger partial charge on any atom is -0.492 e. The van der Waals surface area contributed by atoms with E-state index >= 15 is 0 Å². The van der Waals surface area contributed by atoms with Gasteiger partial charge in [0.05, 0.1) is 17.8 Å². The topological polar surface area (TPSA) is 50.4 Å². The zero-order chi connectivity index (χ0) is 16.3. The Bertz CT molecular complexity index is 696. The molecule has 3 rings (SSSR count). The fraction of sp³-hybridized carbons (Fsp3) is 0.278. The molecule has 0 aliphatic heterocycles. The smallest absolute Gasteiger partial charge is 0.320 e. The van der Waals surface area contributed by atoms with Gasteiger partial charge in [-0.25, -0.2) is 4.79 Å². The molecule has 0 unspecified atom stereocenters. The van der Waals surface area contributed by atoms with Crippen LogP contribution in [-0.4, -0.2) is 12.6 Å². The van der Waals surface area contributed by atoms with Crippen molar-refractivity contribution in [3.8, 4) is 5.75 Å². The number of nitrogens with one attached hydrogen (secondary N) is 2. The summed E-state index contributed by atoms with van der Waals surface area (Å²) >= 11 is 5.93. The summed E-state index contributed by atoms with van der Waals surface area (Å²) in [6.07, 6.45) is 1.85. The number of anilines is 1. The standard InChI is InChI=1S/C18H19ClN2O2/c1-2-23-16-6-4-3-5-15(16)20-17(22)21-18(11-12-18)13-7-9-14(19)10-8-13/h3-10H,2,11-12H2,1H3,(H2,20,21,22). The third-order valence-corrected chi connectivity index (χ3v) is 4.19. The summed E-state index contributed by atoms with van der Waals surface area (Å²) in [7, 11) is 0. The van der Waals surface area contributed by atoms with E-state index in [9.17, 15) is 4.79 Å². The van der Waals surface area contributed by atoms with Gasteiger partial charge in [-0.3, -0.25) is 0 Å². The fourth-order valence-corrected chi connectivity index (χ4v) is 2.73. The van der Waals surface area contributed by atoms with Gasteiger partial charge in [-0.1, -0.05) is 35.9 Å². The van der Waals surface area contributed by atoms with Gasteiger partial charge in [-0.15, -0.1) is 0 Å². The normalized spacial score (nSPS) is 14.9. The van der Waals surface area contributed by atoms with Gasteiger partial charge in [0.25, 0.3) is 0 Å². The average molecular weight is 331 g/mol. The number of carbonyl (C=O) groups excluding carboxylic acids is 1. The second kappa shape index (κ2) is 6.50. The molecule has 0 atom stereocenters. The van der Waals surface area contributed by atoms with Crippen LogP contribution < -0.4 is 15.4 Å². The number of benzene rings is 2. The van der Waals surface area contributed by atoms with Crippen molar-refractivity contribution in [1.82, 2.24) is 5.32 Å². The van der Waals surface area contributed by atoms with E-state index in [-0.39, 0.29) is 11.6 Å².